The number of nitrogens with one attached hydrogen (secondary N) is 1. The third-order valence-electron chi connectivity index (χ3n) is 2.47. The Kier molecular flexibility index (Phi) is 3.90. The van der Waals surface area contributed by atoms with Gasteiger partial charge in [-0.3, -0.25) is 4.98 Å². The number of hydrogen-bond donors (Lipinski definition) is 2. The molecule has 2 rings (SSSR count). The summed E-state index contributed by atoms with van der Waals surface area (Å²) in [5, 5.41) is 12.1. The fourth-order valence-corrected chi connectivity index (χ4v) is 1.54. The summed E-state index contributed by atoms with van der Waals surface area (Å²) in [6.45, 7) is 3.31. The van der Waals surface area contributed by atoms with Crippen LogP contribution in [0.3, 0.4) is 0 Å². The molecule has 0 fully saturated rings. The Morgan fingerprint density at radius 2 is 2.00 bits per heavy atom. The highest BCUT2D eigenvalue weighted by atomic mass is 16.4. The van der Waals surface area contributed by atoms with Crippen molar-refractivity contribution < 1.29 is 9.52 Å². The van der Waals surface area contributed by atoms with E-state index in [2.05, 4.69) is 16.4 Å². The zero-order valence-electron chi connectivity index (χ0n) is 9.81. The second-order valence-corrected chi connectivity index (χ2v) is 3.94. The van der Waals surface area contributed by atoms with E-state index in [4.69, 9.17) is 9.52 Å². The Bertz CT molecular complexity index is 463. The molecule has 90 valence electrons. The van der Waals surface area contributed by atoms with Crippen molar-refractivity contribution in [1.82, 2.24) is 10.3 Å². The van der Waals surface area contributed by atoms with Gasteiger partial charge in [-0.15, -0.1) is 0 Å². The summed E-state index contributed by atoms with van der Waals surface area (Å²) in [6.07, 6.45) is 1.86. The Balaban J connectivity index is 1.81. The summed E-state index contributed by atoms with van der Waals surface area (Å²) in [7, 11) is 0. The van der Waals surface area contributed by atoms with Gasteiger partial charge >= 0.3 is 0 Å². The van der Waals surface area contributed by atoms with Crippen molar-refractivity contribution in [3.8, 4) is 0 Å². The Morgan fingerprint density at radius 1 is 1.18 bits per heavy atom. The van der Waals surface area contributed by atoms with E-state index in [1.165, 1.54) is 0 Å². The van der Waals surface area contributed by atoms with E-state index in [9.17, 15) is 0 Å². The molecule has 0 aromatic carbocycles. The van der Waals surface area contributed by atoms with E-state index in [1.807, 2.05) is 25.3 Å². The lowest BCUT2D eigenvalue weighted by Crippen LogP contribution is -2.12. The van der Waals surface area contributed by atoms with E-state index >= 15 is 0 Å². The van der Waals surface area contributed by atoms with Crippen LogP contribution in [-0.2, 0) is 19.7 Å². The number of aliphatic hydroxyl groups is 1. The molecule has 2 aromatic rings. The number of hydrogen-bond acceptors (Lipinski definition) is 4. The zero-order chi connectivity index (χ0) is 12.1. The van der Waals surface area contributed by atoms with Gasteiger partial charge in [0, 0.05) is 18.4 Å². The predicted molar refractivity (Wildman–Crippen MR) is 64.1 cm³/mol. The fraction of sp³-hybridized carbons (Fsp3) is 0.308. The van der Waals surface area contributed by atoms with E-state index in [0.29, 0.717) is 12.3 Å². The van der Waals surface area contributed by atoms with Gasteiger partial charge in [-0.05, 0) is 30.7 Å². The van der Waals surface area contributed by atoms with Gasteiger partial charge < -0.3 is 14.8 Å². The molecule has 2 aromatic heterocycles. The average Bonchev–Trinajstić information content (AvgIpc) is 2.80. The number of aliphatic hydroxyl groups excluding tert-OH is 1. The van der Waals surface area contributed by atoms with Crippen molar-refractivity contribution >= 4 is 0 Å². The van der Waals surface area contributed by atoms with Crippen LogP contribution >= 0.6 is 0 Å². The van der Waals surface area contributed by atoms with Crippen LogP contribution in [-0.4, -0.2) is 10.1 Å². The topological polar surface area (TPSA) is 58.3 Å². The summed E-state index contributed by atoms with van der Waals surface area (Å²) in [5.41, 5.74) is 2.16. The molecule has 2 N–H and O–H groups in total. The van der Waals surface area contributed by atoms with E-state index in [1.54, 1.807) is 6.07 Å². The van der Waals surface area contributed by atoms with Crippen LogP contribution in [0.5, 0.6) is 0 Å². The molecular formula is C13H16N2O2. The molecule has 0 aliphatic rings. The highest BCUT2D eigenvalue weighted by Gasteiger charge is 2.00. The van der Waals surface area contributed by atoms with Crippen LogP contribution in [0.25, 0.3) is 0 Å². The van der Waals surface area contributed by atoms with Crippen LogP contribution in [0.1, 0.15) is 22.8 Å². The minimum Gasteiger partial charge on any atom is -0.462 e. The van der Waals surface area contributed by atoms with Crippen LogP contribution in [0.2, 0.25) is 0 Å². The van der Waals surface area contributed by atoms with Crippen molar-refractivity contribution in [3.05, 3.63) is 53.2 Å². The largest absolute Gasteiger partial charge is 0.462 e. The minimum atomic E-state index is -0.0537. The highest BCUT2D eigenvalue weighted by Crippen LogP contribution is 2.07. The molecule has 0 bridgehead atoms. The molecule has 0 saturated carbocycles. The molecule has 0 atom stereocenters. The smallest absolute Gasteiger partial charge is 0.129 e. The normalized spacial score (nSPS) is 10.7. The summed E-state index contributed by atoms with van der Waals surface area (Å²) >= 11 is 0. The summed E-state index contributed by atoms with van der Waals surface area (Å²) in [6, 6.07) is 7.70. The van der Waals surface area contributed by atoms with E-state index in [-0.39, 0.29) is 6.61 Å². The first-order valence-corrected chi connectivity index (χ1v) is 5.58. The van der Waals surface area contributed by atoms with Gasteiger partial charge in [0.15, 0.2) is 0 Å². The highest BCUT2D eigenvalue weighted by molar-refractivity contribution is 5.13. The second kappa shape index (κ2) is 5.61. The Morgan fingerprint density at radius 3 is 2.65 bits per heavy atom. The maximum absolute atomic E-state index is 8.86. The number of aryl methyl sites for hydroxylation is 1. The molecule has 0 amide bonds. The third kappa shape index (κ3) is 3.41. The van der Waals surface area contributed by atoms with Gasteiger partial charge in [0.1, 0.15) is 18.1 Å². The van der Waals surface area contributed by atoms with Crippen molar-refractivity contribution in [3.63, 3.8) is 0 Å². The van der Waals surface area contributed by atoms with Crippen molar-refractivity contribution in [1.29, 1.82) is 0 Å². The summed E-state index contributed by atoms with van der Waals surface area (Å²) in [4.78, 5) is 4.23. The Hall–Kier alpha value is -1.65. The molecule has 0 unspecified atom stereocenters. The quantitative estimate of drug-likeness (QED) is 0.824. The van der Waals surface area contributed by atoms with Crippen LogP contribution in [0.4, 0.5) is 0 Å². The molecule has 0 aliphatic heterocycles. The number of nitrogens with zero attached hydrogens (tertiary/aromatic N) is 1. The zero-order valence-corrected chi connectivity index (χ0v) is 9.81. The molecule has 2 heterocycles. The number of furan rings is 1. The number of pyridine rings is 1. The number of rotatable bonds is 5. The Labute approximate surface area is 100 Å². The van der Waals surface area contributed by atoms with Crippen molar-refractivity contribution in [2.45, 2.75) is 26.6 Å². The van der Waals surface area contributed by atoms with Crippen LogP contribution in [0.15, 0.2) is 34.9 Å². The SMILES string of the molecule is Cc1ccc(CNCc2ccc(CO)o2)cn1. The van der Waals surface area contributed by atoms with Gasteiger partial charge in [-0.25, -0.2) is 0 Å². The molecule has 0 aliphatic carbocycles. The van der Waals surface area contributed by atoms with Crippen LogP contribution < -0.4 is 5.32 Å². The number of aromatic nitrogens is 1. The monoisotopic (exact) mass is 232 g/mol. The maximum atomic E-state index is 8.86. The van der Waals surface area contributed by atoms with Crippen molar-refractivity contribution in [2.24, 2.45) is 0 Å². The standard InChI is InChI=1S/C13H16N2O2/c1-10-2-3-11(7-15-10)6-14-8-12-4-5-13(9-16)17-12/h2-5,7,14,16H,6,8-9H2,1H3. The molecule has 0 radical (unpaired) electrons. The van der Waals surface area contributed by atoms with Gasteiger partial charge in [-0.2, -0.15) is 0 Å². The first-order valence-electron chi connectivity index (χ1n) is 5.58. The summed E-state index contributed by atoms with van der Waals surface area (Å²) < 4.78 is 5.36. The lowest BCUT2D eigenvalue weighted by molar-refractivity contribution is 0.242. The molecule has 17 heavy (non-hydrogen) atoms. The lowest BCUT2D eigenvalue weighted by Gasteiger charge is -2.03. The van der Waals surface area contributed by atoms with Gasteiger partial charge in [0.25, 0.3) is 0 Å². The van der Waals surface area contributed by atoms with E-state index in [0.717, 1.165) is 23.6 Å². The lowest BCUT2D eigenvalue weighted by atomic mass is 10.2. The third-order valence-corrected chi connectivity index (χ3v) is 2.47. The predicted octanol–water partition coefficient (Wildman–Crippen LogP) is 1.77. The minimum absolute atomic E-state index is 0.0537. The van der Waals surface area contributed by atoms with Gasteiger partial charge in [0.05, 0.1) is 6.54 Å². The van der Waals surface area contributed by atoms with E-state index < -0.39 is 0 Å². The maximum Gasteiger partial charge on any atom is 0.129 e. The molecule has 4 heteroatoms. The van der Waals surface area contributed by atoms with Gasteiger partial charge in [0.2, 0.25) is 0 Å². The molecule has 0 saturated heterocycles. The fourth-order valence-electron chi connectivity index (χ4n) is 1.54. The molecule has 0 spiro atoms. The first kappa shape index (κ1) is 11.8. The first-order chi connectivity index (χ1) is 8.28. The summed E-state index contributed by atoms with van der Waals surface area (Å²) in [5.74, 6) is 1.42. The van der Waals surface area contributed by atoms with Crippen molar-refractivity contribution in [2.75, 3.05) is 0 Å². The molecule has 4 nitrogen and oxygen atoms in total. The van der Waals surface area contributed by atoms with Crippen LogP contribution in [0, 0.1) is 6.92 Å². The second-order valence-electron chi connectivity index (χ2n) is 3.94. The van der Waals surface area contributed by atoms with Gasteiger partial charge in [-0.1, -0.05) is 6.07 Å². The molecular weight excluding hydrogens is 216 g/mol. The average molecular weight is 232 g/mol.